The summed E-state index contributed by atoms with van der Waals surface area (Å²) in [7, 11) is 0. The van der Waals surface area contributed by atoms with Gasteiger partial charge in [0.1, 0.15) is 5.01 Å². The predicted octanol–water partition coefficient (Wildman–Crippen LogP) is 4.09. The molecule has 3 rings (SSSR count). The highest BCUT2D eigenvalue weighted by molar-refractivity contribution is 7.15. The summed E-state index contributed by atoms with van der Waals surface area (Å²) in [4.78, 5) is 18.2. The summed E-state index contributed by atoms with van der Waals surface area (Å²) in [6.07, 6.45) is 3.17. The molecule has 2 heterocycles. The number of carbonyl (C=O) groups is 1. The van der Waals surface area contributed by atoms with Gasteiger partial charge in [-0.2, -0.15) is 0 Å². The molecule has 128 valence electrons. The van der Waals surface area contributed by atoms with Crippen molar-refractivity contribution in [3.8, 4) is 10.6 Å². The molecule has 2 aromatic rings. The van der Waals surface area contributed by atoms with Crippen LogP contribution in [0.2, 0.25) is 5.02 Å². The number of hydrogen-bond acceptors (Lipinski definition) is 4. The minimum Gasteiger partial charge on any atom is -0.347 e. The van der Waals surface area contributed by atoms with Crippen molar-refractivity contribution >= 4 is 28.8 Å². The Bertz CT molecular complexity index is 708. The second-order valence-corrected chi connectivity index (χ2v) is 7.68. The number of benzene rings is 1. The molecule has 0 radical (unpaired) electrons. The third-order valence-electron chi connectivity index (χ3n) is 4.30. The topological polar surface area (TPSA) is 54.0 Å². The van der Waals surface area contributed by atoms with E-state index >= 15 is 0 Å². The van der Waals surface area contributed by atoms with E-state index in [1.165, 1.54) is 0 Å². The van der Waals surface area contributed by atoms with E-state index in [1.54, 1.807) is 11.3 Å². The molecule has 2 N–H and O–H groups in total. The van der Waals surface area contributed by atoms with E-state index in [2.05, 4.69) is 15.6 Å². The molecule has 1 aromatic heterocycles. The second-order valence-electron chi connectivity index (χ2n) is 6.21. The second kappa shape index (κ2) is 7.64. The van der Waals surface area contributed by atoms with Crippen LogP contribution >= 0.6 is 22.9 Å². The summed E-state index contributed by atoms with van der Waals surface area (Å²) in [5, 5.41) is 8.09. The first-order chi connectivity index (χ1) is 11.5. The number of carbonyl (C=O) groups excluding carboxylic acids is 1. The van der Waals surface area contributed by atoms with Crippen molar-refractivity contribution in [1.29, 1.82) is 0 Å². The first-order valence-electron chi connectivity index (χ1n) is 8.31. The van der Waals surface area contributed by atoms with Crippen molar-refractivity contribution in [3.63, 3.8) is 0 Å². The number of aromatic nitrogens is 1. The van der Waals surface area contributed by atoms with Crippen LogP contribution in [0.4, 0.5) is 0 Å². The van der Waals surface area contributed by atoms with Crippen molar-refractivity contribution < 1.29 is 4.79 Å². The average Bonchev–Trinajstić information content (AvgIpc) is 2.98. The quantitative estimate of drug-likeness (QED) is 0.860. The van der Waals surface area contributed by atoms with Crippen LogP contribution in [-0.2, 0) is 4.79 Å². The number of halogens is 1. The summed E-state index contributed by atoms with van der Waals surface area (Å²) in [5.41, 5.74) is 2.01. The number of rotatable bonds is 4. The standard InChI is InChI=1S/C18H22ClN3OS/c1-11(21-17(23)15-5-3-4-10-20-15)16-12(2)22-18(24-16)13-6-8-14(19)9-7-13/h6-9,11,15,20H,3-5,10H2,1-2H3,(H,21,23). The highest BCUT2D eigenvalue weighted by Gasteiger charge is 2.23. The Morgan fingerprint density at radius 3 is 2.79 bits per heavy atom. The molecule has 1 saturated heterocycles. The minimum atomic E-state index is -0.0647. The molecule has 4 nitrogen and oxygen atoms in total. The van der Waals surface area contributed by atoms with Gasteiger partial charge < -0.3 is 10.6 Å². The smallest absolute Gasteiger partial charge is 0.237 e. The lowest BCUT2D eigenvalue weighted by Gasteiger charge is -2.24. The molecule has 24 heavy (non-hydrogen) atoms. The zero-order valence-electron chi connectivity index (χ0n) is 13.9. The van der Waals surface area contributed by atoms with Gasteiger partial charge in [0.25, 0.3) is 0 Å². The summed E-state index contributed by atoms with van der Waals surface area (Å²) < 4.78 is 0. The fourth-order valence-electron chi connectivity index (χ4n) is 2.98. The predicted molar refractivity (Wildman–Crippen MR) is 99.5 cm³/mol. The zero-order valence-corrected chi connectivity index (χ0v) is 15.5. The lowest BCUT2D eigenvalue weighted by atomic mass is 10.0. The molecular weight excluding hydrogens is 342 g/mol. The van der Waals surface area contributed by atoms with Crippen molar-refractivity contribution in [2.75, 3.05) is 6.54 Å². The SMILES string of the molecule is Cc1nc(-c2ccc(Cl)cc2)sc1C(C)NC(=O)C1CCCCN1. The molecule has 2 atom stereocenters. The minimum absolute atomic E-state index is 0.0419. The number of thiazole rings is 1. The Morgan fingerprint density at radius 1 is 1.38 bits per heavy atom. The molecule has 0 spiro atoms. The zero-order chi connectivity index (χ0) is 17.1. The van der Waals surface area contributed by atoms with Crippen molar-refractivity contribution in [2.45, 2.75) is 45.2 Å². The summed E-state index contributed by atoms with van der Waals surface area (Å²) in [5.74, 6) is 0.0862. The number of amides is 1. The van der Waals surface area contributed by atoms with Crippen LogP contribution < -0.4 is 10.6 Å². The van der Waals surface area contributed by atoms with Crippen LogP contribution in [-0.4, -0.2) is 23.5 Å². The first kappa shape index (κ1) is 17.4. The van der Waals surface area contributed by atoms with Gasteiger partial charge in [-0.05, 0) is 45.4 Å². The first-order valence-corrected chi connectivity index (χ1v) is 9.51. The maximum atomic E-state index is 12.4. The van der Waals surface area contributed by atoms with Gasteiger partial charge in [-0.15, -0.1) is 11.3 Å². The van der Waals surface area contributed by atoms with Crippen LogP contribution in [0.3, 0.4) is 0 Å². The maximum Gasteiger partial charge on any atom is 0.237 e. The molecule has 6 heteroatoms. The lowest BCUT2D eigenvalue weighted by molar-refractivity contribution is -0.124. The third-order valence-corrected chi connectivity index (χ3v) is 5.94. The van der Waals surface area contributed by atoms with Gasteiger partial charge in [0.15, 0.2) is 0 Å². The number of nitrogens with zero attached hydrogens (tertiary/aromatic N) is 1. The highest BCUT2D eigenvalue weighted by atomic mass is 35.5. The molecule has 1 aliphatic heterocycles. The molecular formula is C18H22ClN3OS. The Morgan fingerprint density at radius 2 is 2.12 bits per heavy atom. The number of aryl methyl sites for hydroxylation is 1. The van der Waals surface area contributed by atoms with Gasteiger partial charge in [-0.3, -0.25) is 4.79 Å². The largest absolute Gasteiger partial charge is 0.347 e. The van der Waals surface area contributed by atoms with Gasteiger partial charge in [0, 0.05) is 10.6 Å². The van der Waals surface area contributed by atoms with Crippen molar-refractivity contribution in [3.05, 3.63) is 39.9 Å². The van der Waals surface area contributed by atoms with E-state index in [-0.39, 0.29) is 18.0 Å². The number of piperidine rings is 1. The van der Waals surface area contributed by atoms with Crippen LogP contribution in [0.5, 0.6) is 0 Å². The van der Waals surface area contributed by atoms with E-state index in [4.69, 9.17) is 11.6 Å². The van der Waals surface area contributed by atoms with Crippen LogP contribution in [0, 0.1) is 6.92 Å². The van der Waals surface area contributed by atoms with E-state index in [9.17, 15) is 4.79 Å². The molecule has 2 unspecified atom stereocenters. The van der Waals surface area contributed by atoms with E-state index < -0.39 is 0 Å². The molecule has 1 amide bonds. The van der Waals surface area contributed by atoms with Gasteiger partial charge in [0.2, 0.25) is 5.91 Å². The monoisotopic (exact) mass is 363 g/mol. The number of hydrogen-bond donors (Lipinski definition) is 2. The average molecular weight is 364 g/mol. The van der Waals surface area contributed by atoms with Crippen molar-refractivity contribution in [2.24, 2.45) is 0 Å². The Hall–Kier alpha value is -1.43. The normalized spacial score (nSPS) is 19.0. The van der Waals surface area contributed by atoms with E-state index in [0.717, 1.165) is 46.9 Å². The highest BCUT2D eigenvalue weighted by Crippen LogP contribution is 2.32. The van der Waals surface area contributed by atoms with Gasteiger partial charge in [0.05, 0.1) is 22.7 Å². The van der Waals surface area contributed by atoms with Gasteiger partial charge in [-0.1, -0.05) is 30.2 Å². The maximum absolute atomic E-state index is 12.4. The molecule has 1 aromatic carbocycles. The number of nitrogens with one attached hydrogen (secondary N) is 2. The molecule has 1 aliphatic rings. The summed E-state index contributed by atoms with van der Waals surface area (Å²) in [6, 6.07) is 7.57. The van der Waals surface area contributed by atoms with E-state index in [0.29, 0.717) is 5.02 Å². The fraction of sp³-hybridized carbons (Fsp3) is 0.444. The third kappa shape index (κ3) is 3.97. The fourth-order valence-corrected chi connectivity index (χ4v) is 4.18. The van der Waals surface area contributed by atoms with Gasteiger partial charge >= 0.3 is 0 Å². The molecule has 0 aliphatic carbocycles. The summed E-state index contributed by atoms with van der Waals surface area (Å²) in [6.45, 7) is 4.94. The van der Waals surface area contributed by atoms with E-state index in [1.807, 2.05) is 38.1 Å². The van der Waals surface area contributed by atoms with Crippen LogP contribution in [0.1, 0.15) is 42.8 Å². The Balaban J connectivity index is 1.71. The molecule has 0 bridgehead atoms. The Labute approximate surface area is 151 Å². The van der Waals surface area contributed by atoms with Gasteiger partial charge in [-0.25, -0.2) is 4.98 Å². The molecule has 0 saturated carbocycles. The summed E-state index contributed by atoms with van der Waals surface area (Å²) >= 11 is 7.57. The van der Waals surface area contributed by atoms with Crippen molar-refractivity contribution in [1.82, 2.24) is 15.6 Å². The van der Waals surface area contributed by atoms with Crippen LogP contribution in [0.25, 0.3) is 10.6 Å². The Kier molecular flexibility index (Phi) is 5.54. The lowest BCUT2D eigenvalue weighted by Crippen LogP contribution is -2.47. The van der Waals surface area contributed by atoms with Crippen LogP contribution in [0.15, 0.2) is 24.3 Å². The molecule has 1 fully saturated rings.